The van der Waals surface area contributed by atoms with E-state index in [4.69, 9.17) is 23.7 Å². The van der Waals surface area contributed by atoms with Gasteiger partial charge in [0, 0.05) is 52.5 Å². The lowest BCUT2D eigenvalue weighted by Crippen LogP contribution is -2.50. The van der Waals surface area contributed by atoms with E-state index >= 15 is 0 Å². The molecule has 3 aliphatic rings. The van der Waals surface area contributed by atoms with Gasteiger partial charge in [0.1, 0.15) is 12.4 Å². The monoisotopic (exact) mass is 568 g/mol. The molecule has 0 unspecified atom stereocenters. The standard InChI is InChI=1S/C33H48N2O6/c1-24(36)12-16-39-31-19-34-20-32(33(31)28-9-6-26(7-10-28)22-38-21-25-4-5-25)41-23-27-8-11-30-29(18-27)35(14-17-40-30)13-3-15-37-2/h6-11,18,24-25,31-34,36H,3-5,12-17,19-23H2,1-2H3/t24-,31+,32-,33-/m0/s1. The molecule has 2 N–H and O–H groups in total. The van der Waals surface area contributed by atoms with Crippen molar-refractivity contribution >= 4 is 5.69 Å². The van der Waals surface area contributed by atoms with Crippen molar-refractivity contribution < 1.29 is 28.8 Å². The van der Waals surface area contributed by atoms with E-state index < -0.39 is 0 Å². The zero-order chi connectivity index (χ0) is 28.4. The highest BCUT2D eigenvalue weighted by Crippen LogP contribution is 2.35. The van der Waals surface area contributed by atoms with Crippen LogP contribution < -0.4 is 15.0 Å². The summed E-state index contributed by atoms with van der Waals surface area (Å²) in [6.07, 6.45) is 3.73. The number of piperidine rings is 1. The second-order valence-electron chi connectivity index (χ2n) is 11.8. The quantitative estimate of drug-likeness (QED) is 0.291. The zero-order valence-corrected chi connectivity index (χ0v) is 24.8. The average Bonchev–Trinajstić information content (AvgIpc) is 3.81. The van der Waals surface area contributed by atoms with Crippen LogP contribution in [0.15, 0.2) is 42.5 Å². The van der Waals surface area contributed by atoms with Crippen LogP contribution in [-0.2, 0) is 32.2 Å². The smallest absolute Gasteiger partial charge is 0.142 e. The molecule has 0 spiro atoms. The van der Waals surface area contributed by atoms with Crippen LogP contribution in [0.2, 0.25) is 0 Å². The molecule has 0 radical (unpaired) electrons. The van der Waals surface area contributed by atoms with Crippen LogP contribution in [0, 0.1) is 5.92 Å². The van der Waals surface area contributed by atoms with Crippen LogP contribution in [0.25, 0.3) is 0 Å². The fourth-order valence-corrected chi connectivity index (χ4v) is 5.71. The molecule has 0 amide bonds. The van der Waals surface area contributed by atoms with Crippen molar-refractivity contribution in [3.8, 4) is 5.75 Å². The summed E-state index contributed by atoms with van der Waals surface area (Å²) in [5, 5.41) is 13.3. The summed E-state index contributed by atoms with van der Waals surface area (Å²) in [6, 6.07) is 15.2. The van der Waals surface area contributed by atoms with Gasteiger partial charge >= 0.3 is 0 Å². The number of methoxy groups -OCH3 is 1. The molecule has 2 heterocycles. The van der Waals surface area contributed by atoms with E-state index in [0.29, 0.717) is 32.8 Å². The molecule has 226 valence electrons. The molecular weight excluding hydrogens is 520 g/mol. The van der Waals surface area contributed by atoms with Crippen molar-refractivity contribution in [2.24, 2.45) is 5.92 Å². The van der Waals surface area contributed by atoms with Gasteiger partial charge in [0.25, 0.3) is 0 Å². The highest BCUT2D eigenvalue weighted by molar-refractivity contribution is 5.61. The summed E-state index contributed by atoms with van der Waals surface area (Å²) in [6.45, 7) is 9.13. The lowest BCUT2D eigenvalue weighted by Gasteiger charge is -2.39. The first kappa shape index (κ1) is 30.3. The number of aliphatic hydroxyl groups excluding tert-OH is 1. The molecule has 1 aliphatic carbocycles. The summed E-state index contributed by atoms with van der Waals surface area (Å²) in [5.74, 6) is 1.78. The number of anilines is 1. The Balaban J connectivity index is 1.26. The van der Waals surface area contributed by atoms with Crippen LogP contribution >= 0.6 is 0 Å². The van der Waals surface area contributed by atoms with Crippen LogP contribution in [0.5, 0.6) is 5.75 Å². The van der Waals surface area contributed by atoms with Gasteiger partial charge < -0.3 is 39.0 Å². The lowest BCUT2D eigenvalue weighted by molar-refractivity contribution is -0.0639. The molecular formula is C33H48N2O6. The molecule has 0 aromatic heterocycles. The van der Waals surface area contributed by atoms with Crippen molar-refractivity contribution in [3.05, 3.63) is 59.2 Å². The fraction of sp³-hybridized carbons (Fsp3) is 0.636. The number of nitrogens with zero attached hydrogens (tertiary/aromatic N) is 1. The van der Waals surface area contributed by atoms with E-state index in [9.17, 15) is 5.11 Å². The van der Waals surface area contributed by atoms with Gasteiger partial charge in [0.2, 0.25) is 0 Å². The summed E-state index contributed by atoms with van der Waals surface area (Å²) >= 11 is 0. The first-order chi connectivity index (χ1) is 20.1. The highest BCUT2D eigenvalue weighted by atomic mass is 16.5. The predicted molar refractivity (Wildman–Crippen MR) is 160 cm³/mol. The second kappa shape index (κ2) is 15.3. The van der Waals surface area contributed by atoms with Crippen LogP contribution in [0.3, 0.4) is 0 Å². The number of benzene rings is 2. The largest absolute Gasteiger partial charge is 0.490 e. The van der Waals surface area contributed by atoms with E-state index in [1.54, 1.807) is 14.0 Å². The molecule has 8 nitrogen and oxygen atoms in total. The normalized spacial score (nSPS) is 23.2. The van der Waals surface area contributed by atoms with Gasteiger partial charge in [-0.25, -0.2) is 0 Å². The molecule has 0 bridgehead atoms. The number of aliphatic hydroxyl groups is 1. The fourth-order valence-electron chi connectivity index (χ4n) is 5.71. The minimum Gasteiger partial charge on any atom is -0.490 e. The second-order valence-corrected chi connectivity index (χ2v) is 11.8. The molecule has 1 saturated heterocycles. The topological polar surface area (TPSA) is 81.7 Å². The van der Waals surface area contributed by atoms with E-state index in [0.717, 1.165) is 68.7 Å². The Morgan fingerprint density at radius 1 is 1.00 bits per heavy atom. The summed E-state index contributed by atoms with van der Waals surface area (Å²) in [5.41, 5.74) is 4.67. The van der Waals surface area contributed by atoms with Gasteiger partial charge in [-0.2, -0.15) is 0 Å². The Hall–Kier alpha value is -2.20. The van der Waals surface area contributed by atoms with Gasteiger partial charge in [0.15, 0.2) is 0 Å². The van der Waals surface area contributed by atoms with Crippen LogP contribution in [-0.4, -0.2) is 83.1 Å². The highest BCUT2D eigenvalue weighted by Gasteiger charge is 2.36. The third-order valence-electron chi connectivity index (χ3n) is 8.27. The van der Waals surface area contributed by atoms with Crippen molar-refractivity contribution in [2.75, 3.05) is 64.6 Å². The van der Waals surface area contributed by atoms with Crippen molar-refractivity contribution in [3.63, 3.8) is 0 Å². The zero-order valence-electron chi connectivity index (χ0n) is 24.8. The number of rotatable bonds is 16. The number of fused-ring (bicyclic) bond motifs is 1. The Bertz CT molecular complexity index is 1060. The maximum Gasteiger partial charge on any atom is 0.142 e. The van der Waals surface area contributed by atoms with E-state index in [1.807, 2.05) is 0 Å². The molecule has 2 aliphatic heterocycles. The summed E-state index contributed by atoms with van der Waals surface area (Å²) in [4.78, 5) is 2.38. The van der Waals surface area contributed by atoms with Crippen LogP contribution in [0.1, 0.15) is 55.2 Å². The molecule has 2 fully saturated rings. The average molecular weight is 569 g/mol. The molecule has 8 heteroatoms. The Labute approximate surface area is 245 Å². The van der Waals surface area contributed by atoms with Crippen molar-refractivity contribution in [1.82, 2.24) is 5.32 Å². The number of hydrogen-bond acceptors (Lipinski definition) is 8. The van der Waals surface area contributed by atoms with Crippen molar-refractivity contribution in [2.45, 2.75) is 70.1 Å². The number of hydrogen-bond donors (Lipinski definition) is 2. The van der Waals surface area contributed by atoms with Gasteiger partial charge in [-0.15, -0.1) is 0 Å². The van der Waals surface area contributed by atoms with Crippen molar-refractivity contribution in [1.29, 1.82) is 0 Å². The van der Waals surface area contributed by atoms with Gasteiger partial charge in [-0.05, 0) is 67.3 Å². The maximum absolute atomic E-state index is 9.78. The Kier molecular flexibility index (Phi) is 11.3. The van der Waals surface area contributed by atoms with Crippen LogP contribution in [0.4, 0.5) is 5.69 Å². The number of nitrogens with one attached hydrogen (secondary N) is 1. The molecule has 4 atom stereocenters. The minimum absolute atomic E-state index is 0.0438. The molecule has 1 saturated carbocycles. The Morgan fingerprint density at radius 2 is 1.78 bits per heavy atom. The summed E-state index contributed by atoms with van der Waals surface area (Å²) < 4.78 is 30.1. The SMILES string of the molecule is COCCCN1CCOc2ccc(CO[C@H]3CNC[C@@H](OCC[C@H](C)O)[C@@H]3c3ccc(COCC4CC4)cc3)cc21. The van der Waals surface area contributed by atoms with E-state index in [1.165, 1.54) is 24.0 Å². The summed E-state index contributed by atoms with van der Waals surface area (Å²) in [7, 11) is 1.75. The lowest BCUT2D eigenvalue weighted by atomic mass is 9.85. The first-order valence-corrected chi connectivity index (χ1v) is 15.4. The third kappa shape index (κ3) is 8.89. The molecule has 5 rings (SSSR count). The van der Waals surface area contributed by atoms with E-state index in [-0.39, 0.29) is 24.2 Å². The maximum atomic E-state index is 9.78. The van der Waals surface area contributed by atoms with Gasteiger partial charge in [0.05, 0.1) is 43.8 Å². The third-order valence-corrected chi connectivity index (χ3v) is 8.27. The van der Waals surface area contributed by atoms with Gasteiger partial charge in [-0.3, -0.25) is 0 Å². The molecule has 41 heavy (non-hydrogen) atoms. The first-order valence-electron chi connectivity index (χ1n) is 15.4. The molecule has 2 aromatic rings. The van der Waals surface area contributed by atoms with Gasteiger partial charge in [-0.1, -0.05) is 30.3 Å². The Morgan fingerprint density at radius 3 is 2.54 bits per heavy atom. The number of ether oxygens (including phenoxy) is 5. The van der Waals surface area contributed by atoms with E-state index in [2.05, 4.69) is 52.7 Å². The predicted octanol–water partition coefficient (Wildman–Crippen LogP) is 4.28. The minimum atomic E-state index is -0.381. The molecule has 2 aromatic carbocycles.